The standard InChI is InChI=1S/C19H32FN/c1-6-8-11-19(7-2,14-21-15(3)4)13-17-9-10-18(20)12-16(17)5/h9-10,12,15,21H,6-8,11,13-14H2,1-5H3. The number of benzene rings is 1. The first-order valence-electron chi connectivity index (χ1n) is 8.41. The Labute approximate surface area is 130 Å². The van der Waals surface area contributed by atoms with Crippen LogP contribution < -0.4 is 5.32 Å². The van der Waals surface area contributed by atoms with E-state index in [4.69, 9.17) is 0 Å². The van der Waals surface area contributed by atoms with Crippen LogP contribution in [0, 0.1) is 18.2 Å². The molecule has 0 fully saturated rings. The van der Waals surface area contributed by atoms with Gasteiger partial charge in [-0.2, -0.15) is 0 Å². The van der Waals surface area contributed by atoms with E-state index in [1.807, 2.05) is 13.0 Å². The third-order valence-corrected chi connectivity index (χ3v) is 4.57. The van der Waals surface area contributed by atoms with Gasteiger partial charge in [0.1, 0.15) is 5.82 Å². The summed E-state index contributed by atoms with van der Waals surface area (Å²) in [6, 6.07) is 5.73. The lowest BCUT2D eigenvalue weighted by atomic mass is 9.74. The van der Waals surface area contributed by atoms with Crippen molar-refractivity contribution in [2.45, 2.75) is 72.8 Å². The van der Waals surface area contributed by atoms with E-state index in [0.717, 1.165) is 24.9 Å². The number of hydrogen-bond donors (Lipinski definition) is 1. The van der Waals surface area contributed by atoms with Crippen molar-refractivity contribution in [2.24, 2.45) is 5.41 Å². The normalized spacial score (nSPS) is 14.4. The molecule has 0 saturated carbocycles. The van der Waals surface area contributed by atoms with E-state index in [-0.39, 0.29) is 11.2 Å². The number of nitrogens with one attached hydrogen (secondary N) is 1. The van der Waals surface area contributed by atoms with E-state index < -0.39 is 0 Å². The fourth-order valence-electron chi connectivity index (χ4n) is 2.90. The van der Waals surface area contributed by atoms with Gasteiger partial charge in [0.2, 0.25) is 0 Å². The number of unbranched alkanes of at least 4 members (excludes halogenated alkanes) is 1. The molecule has 0 radical (unpaired) electrons. The first kappa shape index (κ1) is 18.2. The highest BCUT2D eigenvalue weighted by Crippen LogP contribution is 2.33. The summed E-state index contributed by atoms with van der Waals surface area (Å²) in [7, 11) is 0. The smallest absolute Gasteiger partial charge is 0.123 e. The van der Waals surface area contributed by atoms with Crippen LogP contribution in [0.25, 0.3) is 0 Å². The largest absolute Gasteiger partial charge is 0.314 e. The van der Waals surface area contributed by atoms with E-state index in [9.17, 15) is 4.39 Å². The molecule has 0 bridgehead atoms. The summed E-state index contributed by atoms with van der Waals surface area (Å²) >= 11 is 0. The number of rotatable bonds is 9. The molecule has 1 N–H and O–H groups in total. The molecule has 0 saturated heterocycles. The van der Waals surface area contributed by atoms with Crippen LogP contribution in [0.5, 0.6) is 0 Å². The highest BCUT2D eigenvalue weighted by molar-refractivity contribution is 5.27. The molecule has 120 valence electrons. The molecule has 1 unspecified atom stereocenters. The lowest BCUT2D eigenvalue weighted by Crippen LogP contribution is -2.39. The van der Waals surface area contributed by atoms with Gasteiger partial charge in [-0.1, -0.05) is 46.6 Å². The second-order valence-electron chi connectivity index (χ2n) is 6.74. The van der Waals surface area contributed by atoms with E-state index in [1.54, 1.807) is 12.1 Å². The Morgan fingerprint density at radius 2 is 1.95 bits per heavy atom. The minimum absolute atomic E-state index is 0.132. The lowest BCUT2D eigenvalue weighted by Gasteiger charge is -2.35. The average molecular weight is 293 g/mol. The minimum atomic E-state index is -0.132. The summed E-state index contributed by atoms with van der Waals surface area (Å²) in [5.41, 5.74) is 2.65. The highest BCUT2D eigenvalue weighted by Gasteiger charge is 2.28. The van der Waals surface area contributed by atoms with Crippen LogP contribution in [-0.2, 0) is 6.42 Å². The monoisotopic (exact) mass is 293 g/mol. The van der Waals surface area contributed by atoms with Crippen molar-refractivity contribution >= 4 is 0 Å². The van der Waals surface area contributed by atoms with Crippen molar-refractivity contribution in [2.75, 3.05) is 6.54 Å². The van der Waals surface area contributed by atoms with E-state index in [0.29, 0.717) is 6.04 Å². The Morgan fingerprint density at radius 3 is 2.48 bits per heavy atom. The molecule has 1 aromatic rings. The van der Waals surface area contributed by atoms with E-state index in [2.05, 4.69) is 33.0 Å². The summed E-state index contributed by atoms with van der Waals surface area (Å²) in [5.74, 6) is -0.132. The zero-order valence-electron chi connectivity index (χ0n) is 14.4. The number of halogens is 1. The van der Waals surface area contributed by atoms with Gasteiger partial charge in [-0.05, 0) is 54.9 Å². The van der Waals surface area contributed by atoms with Crippen LogP contribution in [0.4, 0.5) is 4.39 Å². The van der Waals surface area contributed by atoms with Crippen LogP contribution in [0.15, 0.2) is 18.2 Å². The van der Waals surface area contributed by atoms with Crippen molar-refractivity contribution < 1.29 is 4.39 Å². The Balaban J connectivity index is 2.92. The van der Waals surface area contributed by atoms with Gasteiger partial charge in [0.25, 0.3) is 0 Å². The zero-order chi connectivity index (χ0) is 15.9. The van der Waals surface area contributed by atoms with E-state index >= 15 is 0 Å². The fourth-order valence-corrected chi connectivity index (χ4v) is 2.90. The first-order chi connectivity index (χ1) is 9.92. The highest BCUT2D eigenvalue weighted by atomic mass is 19.1. The molecule has 0 aliphatic carbocycles. The predicted molar refractivity (Wildman–Crippen MR) is 90.2 cm³/mol. The van der Waals surface area contributed by atoms with Gasteiger partial charge >= 0.3 is 0 Å². The molecule has 1 aromatic carbocycles. The molecule has 0 aliphatic rings. The second-order valence-corrected chi connectivity index (χ2v) is 6.74. The molecule has 21 heavy (non-hydrogen) atoms. The molecular weight excluding hydrogens is 261 g/mol. The Hall–Kier alpha value is -0.890. The maximum atomic E-state index is 13.3. The number of hydrogen-bond acceptors (Lipinski definition) is 1. The van der Waals surface area contributed by atoms with Crippen LogP contribution in [0.2, 0.25) is 0 Å². The van der Waals surface area contributed by atoms with E-state index in [1.165, 1.54) is 24.8 Å². The average Bonchev–Trinajstić information content (AvgIpc) is 2.44. The van der Waals surface area contributed by atoms with Gasteiger partial charge in [0.15, 0.2) is 0 Å². The lowest BCUT2D eigenvalue weighted by molar-refractivity contribution is 0.222. The Morgan fingerprint density at radius 1 is 1.24 bits per heavy atom. The molecule has 0 aliphatic heterocycles. The molecule has 2 heteroatoms. The van der Waals surface area contributed by atoms with Gasteiger partial charge in [-0.25, -0.2) is 4.39 Å². The van der Waals surface area contributed by atoms with Crippen molar-refractivity contribution in [3.8, 4) is 0 Å². The fraction of sp³-hybridized carbons (Fsp3) is 0.684. The van der Waals surface area contributed by atoms with Crippen LogP contribution in [-0.4, -0.2) is 12.6 Å². The molecule has 0 heterocycles. The van der Waals surface area contributed by atoms with Gasteiger partial charge < -0.3 is 5.32 Å². The van der Waals surface area contributed by atoms with Crippen molar-refractivity contribution in [3.63, 3.8) is 0 Å². The second kappa shape index (κ2) is 8.53. The topological polar surface area (TPSA) is 12.0 Å². The summed E-state index contributed by atoms with van der Waals surface area (Å²) in [5, 5.41) is 3.62. The molecular formula is C19H32FN. The maximum Gasteiger partial charge on any atom is 0.123 e. The summed E-state index contributed by atoms with van der Waals surface area (Å²) in [6.07, 6.45) is 5.91. The summed E-state index contributed by atoms with van der Waals surface area (Å²) in [6.45, 7) is 12.0. The zero-order valence-corrected chi connectivity index (χ0v) is 14.4. The number of aryl methyl sites for hydroxylation is 1. The van der Waals surface area contributed by atoms with Crippen molar-refractivity contribution in [1.29, 1.82) is 0 Å². The minimum Gasteiger partial charge on any atom is -0.314 e. The molecule has 0 aromatic heterocycles. The molecule has 0 amide bonds. The molecule has 1 atom stereocenters. The van der Waals surface area contributed by atoms with Crippen LogP contribution in [0.1, 0.15) is 64.5 Å². The third kappa shape index (κ3) is 5.78. The Kier molecular flexibility index (Phi) is 7.37. The van der Waals surface area contributed by atoms with Crippen molar-refractivity contribution in [3.05, 3.63) is 35.1 Å². The van der Waals surface area contributed by atoms with Gasteiger partial charge in [-0.3, -0.25) is 0 Å². The van der Waals surface area contributed by atoms with Crippen LogP contribution in [0.3, 0.4) is 0 Å². The quantitative estimate of drug-likeness (QED) is 0.654. The SMILES string of the molecule is CCCCC(CC)(CNC(C)C)Cc1ccc(F)cc1C. The third-order valence-electron chi connectivity index (χ3n) is 4.57. The predicted octanol–water partition coefficient (Wildman–Crippen LogP) is 5.26. The molecule has 1 rings (SSSR count). The van der Waals surface area contributed by atoms with Crippen LogP contribution >= 0.6 is 0 Å². The van der Waals surface area contributed by atoms with Gasteiger partial charge in [0, 0.05) is 12.6 Å². The van der Waals surface area contributed by atoms with Gasteiger partial charge in [-0.15, -0.1) is 0 Å². The summed E-state index contributed by atoms with van der Waals surface area (Å²) < 4.78 is 13.3. The summed E-state index contributed by atoms with van der Waals surface area (Å²) in [4.78, 5) is 0. The maximum absolute atomic E-state index is 13.3. The first-order valence-corrected chi connectivity index (χ1v) is 8.41. The van der Waals surface area contributed by atoms with Crippen molar-refractivity contribution in [1.82, 2.24) is 5.32 Å². The molecule has 0 spiro atoms. The molecule has 1 nitrogen and oxygen atoms in total. The Bertz CT molecular complexity index is 428. The van der Waals surface area contributed by atoms with Gasteiger partial charge in [0.05, 0.1) is 0 Å².